The van der Waals surface area contributed by atoms with Gasteiger partial charge in [-0.05, 0) is 26.2 Å². The first-order valence-corrected chi connectivity index (χ1v) is 10.2. The van der Waals surface area contributed by atoms with E-state index in [0.29, 0.717) is 59.2 Å². The zero-order chi connectivity index (χ0) is 19.5. The number of hydrogen-bond acceptors (Lipinski definition) is 5. The van der Waals surface area contributed by atoms with Crippen LogP contribution in [0.1, 0.15) is 61.2 Å². The summed E-state index contributed by atoms with van der Waals surface area (Å²) in [5.74, 6) is 0.881. The molecule has 0 heterocycles. The smallest absolute Gasteiger partial charge is 0.220 e. The maximum atomic E-state index is 11.7. The van der Waals surface area contributed by atoms with Gasteiger partial charge in [-0.2, -0.15) is 0 Å². The van der Waals surface area contributed by atoms with Crippen molar-refractivity contribution in [1.29, 1.82) is 0 Å². The van der Waals surface area contributed by atoms with Crippen molar-refractivity contribution in [3.05, 3.63) is 0 Å². The number of amides is 1. The molecule has 1 amide bonds. The van der Waals surface area contributed by atoms with Crippen LogP contribution in [0.2, 0.25) is 0 Å². The number of carbonyl (C=O) groups excluding carboxylic acids is 1. The maximum Gasteiger partial charge on any atom is 0.220 e. The second-order valence-corrected chi connectivity index (χ2v) is 6.87. The van der Waals surface area contributed by atoms with E-state index >= 15 is 0 Å². The SMILES string of the molecule is CCC(C)CCCCC(=O)NCCOCCOCCOCCOC(C)C.[HH]. The van der Waals surface area contributed by atoms with E-state index in [2.05, 4.69) is 19.2 Å². The van der Waals surface area contributed by atoms with Crippen LogP contribution < -0.4 is 5.32 Å². The molecule has 0 aliphatic rings. The molecule has 26 heavy (non-hydrogen) atoms. The van der Waals surface area contributed by atoms with E-state index in [4.69, 9.17) is 18.9 Å². The van der Waals surface area contributed by atoms with E-state index in [1.54, 1.807) is 0 Å². The average Bonchev–Trinajstić information content (AvgIpc) is 2.62. The number of unbranched alkanes of at least 4 members (excludes halogenated alkanes) is 1. The van der Waals surface area contributed by atoms with Gasteiger partial charge in [0.15, 0.2) is 0 Å². The lowest BCUT2D eigenvalue weighted by Gasteiger charge is -2.09. The minimum Gasteiger partial charge on any atom is -0.377 e. The van der Waals surface area contributed by atoms with E-state index in [9.17, 15) is 4.79 Å². The molecule has 0 aromatic rings. The molecule has 158 valence electrons. The van der Waals surface area contributed by atoms with Gasteiger partial charge >= 0.3 is 0 Å². The first kappa shape index (κ1) is 25.3. The first-order chi connectivity index (χ1) is 12.6. The van der Waals surface area contributed by atoms with Gasteiger partial charge in [-0.25, -0.2) is 0 Å². The Bertz CT molecular complexity index is 319. The van der Waals surface area contributed by atoms with Gasteiger partial charge in [-0.1, -0.05) is 33.1 Å². The summed E-state index contributed by atoms with van der Waals surface area (Å²) in [6.45, 7) is 12.9. The predicted molar refractivity (Wildman–Crippen MR) is 107 cm³/mol. The van der Waals surface area contributed by atoms with E-state index < -0.39 is 0 Å². The van der Waals surface area contributed by atoms with Crippen LogP contribution in [0.3, 0.4) is 0 Å². The largest absolute Gasteiger partial charge is 0.377 e. The van der Waals surface area contributed by atoms with E-state index in [0.717, 1.165) is 18.8 Å². The molecule has 0 bridgehead atoms. The highest BCUT2D eigenvalue weighted by Gasteiger charge is 2.02. The second kappa shape index (κ2) is 19.1. The summed E-state index contributed by atoms with van der Waals surface area (Å²) in [6.07, 6.45) is 5.38. The Balaban J connectivity index is 0. The molecular weight excluding hydrogens is 334 g/mol. The molecule has 0 spiro atoms. The summed E-state index contributed by atoms with van der Waals surface area (Å²) >= 11 is 0. The average molecular weight is 378 g/mol. The Labute approximate surface area is 161 Å². The van der Waals surface area contributed by atoms with Crippen LogP contribution in [0, 0.1) is 5.92 Å². The van der Waals surface area contributed by atoms with Gasteiger partial charge in [0.05, 0.1) is 52.4 Å². The molecule has 0 aliphatic heterocycles. The van der Waals surface area contributed by atoms with Gasteiger partial charge in [0.25, 0.3) is 0 Å². The topological polar surface area (TPSA) is 66.0 Å². The molecule has 0 saturated carbocycles. The normalized spacial score (nSPS) is 12.5. The molecule has 0 aromatic heterocycles. The molecular formula is C20H43NO5. The minimum absolute atomic E-state index is 0. The number of nitrogens with one attached hydrogen (secondary N) is 1. The number of rotatable bonds is 19. The maximum absolute atomic E-state index is 11.7. The highest BCUT2D eigenvalue weighted by atomic mass is 16.6. The van der Waals surface area contributed by atoms with Crippen molar-refractivity contribution in [1.82, 2.24) is 5.32 Å². The Kier molecular flexibility index (Phi) is 18.6. The summed E-state index contributed by atoms with van der Waals surface area (Å²) < 4.78 is 21.6. The molecule has 6 heteroatoms. The van der Waals surface area contributed by atoms with Gasteiger partial charge in [-0.3, -0.25) is 4.79 Å². The Morgan fingerprint density at radius 1 is 0.885 bits per heavy atom. The summed E-state index contributed by atoms with van der Waals surface area (Å²) in [4.78, 5) is 11.7. The van der Waals surface area contributed by atoms with Gasteiger partial charge in [0.2, 0.25) is 5.91 Å². The highest BCUT2D eigenvalue weighted by Crippen LogP contribution is 2.11. The minimum atomic E-state index is 0. The summed E-state index contributed by atoms with van der Waals surface area (Å²) in [5, 5.41) is 2.89. The fourth-order valence-corrected chi connectivity index (χ4v) is 2.22. The van der Waals surface area contributed by atoms with Crippen LogP contribution in [-0.2, 0) is 23.7 Å². The third-order valence-electron chi connectivity index (χ3n) is 4.04. The molecule has 0 aliphatic carbocycles. The molecule has 0 aromatic carbocycles. The molecule has 0 radical (unpaired) electrons. The van der Waals surface area contributed by atoms with Crippen LogP contribution in [0.5, 0.6) is 0 Å². The van der Waals surface area contributed by atoms with Crippen LogP contribution in [0.4, 0.5) is 0 Å². The van der Waals surface area contributed by atoms with Crippen LogP contribution in [0.25, 0.3) is 0 Å². The molecule has 1 N–H and O–H groups in total. The molecule has 0 saturated heterocycles. The first-order valence-electron chi connectivity index (χ1n) is 10.2. The van der Waals surface area contributed by atoms with Gasteiger partial charge < -0.3 is 24.3 Å². The lowest BCUT2D eigenvalue weighted by atomic mass is 10.0. The lowest BCUT2D eigenvalue weighted by molar-refractivity contribution is -0.121. The Hall–Kier alpha value is -0.690. The second-order valence-electron chi connectivity index (χ2n) is 6.87. The van der Waals surface area contributed by atoms with Crippen molar-refractivity contribution in [2.75, 3.05) is 52.8 Å². The molecule has 1 unspecified atom stereocenters. The predicted octanol–water partition coefficient (Wildman–Crippen LogP) is 3.43. The number of carbonyl (C=O) groups is 1. The lowest BCUT2D eigenvalue weighted by Crippen LogP contribution is -2.27. The van der Waals surface area contributed by atoms with Crippen molar-refractivity contribution >= 4 is 5.91 Å². The number of hydrogen-bond donors (Lipinski definition) is 1. The fourth-order valence-electron chi connectivity index (χ4n) is 2.22. The molecule has 1 atom stereocenters. The fraction of sp³-hybridized carbons (Fsp3) is 0.950. The van der Waals surface area contributed by atoms with Crippen molar-refractivity contribution < 1.29 is 25.2 Å². The molecule has 0 rings (SSSR count). The van der Waals surface area contributed by atoms with Gasteiger partial charge in [0.1, 0.15) is 0 Å². The van der Waals surface area contributed by atoms with Crippen molar-refractivity contribution in [2.45, 2.75) is 65.9 Å². The standard InChI is InChI=1S/C20H41NO5.H2/c1-5-19(4)8-6-7-9-20(22)21-10-11-23-12-13-24-14-15-25-16-17-26-18(2)3;/h18-19H,5-17H2,1-4H3,(H,21,22);1H. The van der Waals surface area contributed by atoms with Gasteiger partial charge in [0, 0.05) is 14.4 Å². The van der Waals surface area contributed by atoms with Crippen molar-refractivity contribution in [2.24, 2.45) is 5.92 Å². The van der Waals surface area contributed by atoms with E-state index in [1.165, 1.54) is 12.8 Å². The van der Waals surface area contributed by atoms with Crippen LogP contribution in [-0.4, -0.2) is 64.8 Å². The molecule has 6 nitrogen and oxygen atoms in total. The van der Waals surface area contributed by atoms with Crippen molar-refractivity contribution in [3.63, 3.8) is 0 Å². The van der Waals surface area contributed by atoms with Crippen LogP contribution in [0.15, 0.2) is 0 Å². The van der Waals surface area contributed by atoms with E-state index in [1.807, 2.05) is 13.8 Å². The quantitative estimate of drug-likeness (QED) is 0.349. The van der Waals surface area contributed by atoms with Gasteiger partial charge in [-0.15, -0.1) is 0 Å². The van der Waals surface area contributed by atoms with Crippen molar-refractivity contribution in [3.8, 4) is 0 Å². The third-order valence-corrected chi connectivity index (χ3v) is 4.04. The number of ether oxygens (including phenoxy) is 4. The summed E-state index contributed by atoms with van der Waals surface area (Å²) in [6, 6.07) is 0. The van der Waals surface area contributed by atoms with E-state index in [-0.39, 0.29) is 13.4 Å². The zero-order valence-electron chi connectivity index (χ0n) is 17.4. The zero-order valence-corrected chi connectivity index (χ0v) is 17.4. The summed E-state index contributed by atoms with van der Waals surface area (Å²) in [5.41, 5.74) is 0. The summed E-state index contributed by atoms with van der Waals surface area (Å²) in [7, 11) is 0. The van der Waals surface area contributed by atoms with Crippen LogP contribution >= 0.6 is 0 Å². The molecule has 0 fully saturated rings. The third kappa shape index (κ3) is 19.6. The Morgan fingerprint density at radius 2 is 1.46 bits per heavy atom. The Morgan fingerprint density at radius 3 is 2.04 bits per heavy atom. The monoisotopic (exact) mass is 377 g/mol. The highest BCUT2D eigenvalue weighted by molar-refractivity contribution is 5.75.